The Kier molecular flexibility index (Phi) is 4.75. The molecule has 0 radical (unpaired) electrons. The zero-order chi connectivity index (χ0) is 13.0. The summed E-state index contributed by atoms with van der Waals surface area (Å²) in [5, 5.41) is 5.32. The van der Waals surface area contributed by atoms with Crippen LogP contribution in [-0.4, -0.2) is 11.5 Å². The molecule has 0 fully saturated rings. The number of halogens is 1. The number of thiazole rings is 1. The smallest absolute Gasteiger partial charge is 0.0972 e. The molecule has 4 heteroatoms. The van der Waals surface area contributed by atoms with E-state index in [0.29, 0.717) is 6.04 Å². The van der Waals surface area contributed by atoms with Gasteiger partial charge in [-0.2, -0.15) is 0 Å². The lowest BCUT2D eigenvalue weighted by molar-refractivity contribution is 0.606. The highest BCUT2D eigenvalue weighted by molar-refractivity contribution is 7.11. The molecule has 1 atom stereocenters. The number of nitrogens with zero attached hydrogens (tertiary/aromatic N) is 1. The van der Waals surface area contributed by atoms with E-state index in [1.54, 1.807) is 11.3 Å². The molecule has 0 aliphatic carbocycles. The first kappa shape index (κ1) is 13.5. The first-order valence-electron chi connectivity index (χ1n) is 6.12. The van der Waals surface area contributed by atoms with Crippen molar-refractivity contribution < 1.29 is 0 Å². The van der Waals surface area contributed by atoms with E-state index < -0.39 is 0 Å². The van der Waals surface area contributed by atoms with Gasteiger partial charge in [0.1, 0.15) is 0 Å². The second-order valence-electron chi connectivity index (χ2n) is 4.20. The van der Waals surface area contributed by atoms with Gasteiger partial charge in [0.2, 0.25) is 0 Å². The maximum absolute atomic E-state index is 6.16. The van der Waals surface area contributed by atoms with Gasteiger partial charge in [-0.3, -0.25) is 0 Å². The molecule has 2 rings (SSSR count). The first-order chi connectivity index (χ1) is 8.70. The van der Waals surface area contributed by atoms with Crippen LogP contribution < -0.4 is 5.32 Å². The van der Waals surface area contributed by atoms with Crippen molar-refractivity contribution in [1.82, 2.24) is 10.3 Å². The Hall–Kier alpha value is -0.900. The maximum Gasteiger partial charge on any atom is 0.0972 e. The van der Waals surface area contributed by atoms with Crippen molar-refractivity contribution in [2.45, 2.75) is 26.3 Å². The maximum atomic E-state index is 6.16. The minimum absolute atomic E-state index is 0.368. The SMILES string of the molecule is CCNC(C)c1cnc(Cc2ccccc2Cl)s1. The van der Waals surface area contributed by atoms with E-state index in [4.69, 9.17) is 11.6 Å². The van der Waals surface area contributed by atoms with Crippen LogP contribution in [0, 0.1) is 0 Å². The van der Waals surface area contributed by atoms with Crippen LogP contribution >= 0.6 is 22.9 Å². The lowest BCUT2D eigenvalue weighted by atomic mass is 10.2. The summed E-state index contributed by atoms with van der Waals surface area (Å²) in [5.41, 5.74) is 1.14. The zero-order valence-corrected chi connectivity index (χ0v) is 12.2. The van der Waals surface area contributed by atoms with Crippen molar-refractivity contribution in [3.8, 4) is 0 Å². The lowest BCUT2D eigenvalue weighted by Gasteiger charge is -2.08. The Morgan fingerprint density at radius 3 is 2.89 bits per heavy atom. The molecule has 96 valence electrons. The van der Waals surface area contributed by atoms with Gasteiger partial charge in [-0.1, -0.05) is 36.7 Å². The van der Waals surface area contributed by atoms with Crippen molar-refractivity contribution in [1.29, 1.82) is 0 Å². The summed E-state index contributed by atoms with van der Waals surface area (Å²) < 4.78 is 0. The first-order valence-corrected chi connectivity index (χ1v) is 7.31. The van der Waals surface area contributed by atoms with Crippen LogP contribution in [-0.2, 0) is 6.42 Å². The highest BCUT2D eigenvalue weighted by atomic mass is 35.5. The molecule has 2 nitrogen and oxygen atoms in total. The van der Waals surface area contributed by atoms with Crippen molar-refractivity contribution in [3.05, 3.63) is 50.9 Å². The topological polar surface area (TPSA) is 24.9 Å². The van der Waals surface area contributed by atoms with E-state index in [1.165, 1.54) is 4.88 Å². The molecule has 1 aromatic heterocycles. The minimum atomic E-state index is 0.368. The van der Waals surface area contributed by atoms with Gasteiger partial charge in [-0.15, -0.1) is 11.3 Å². The van der Waals surface area contributed by atoms with Gasteiger partial charge < -0.3 is 5.32 Å². The number of hydrogen-bond acceptors (Lipinski definition) is 3. The molecular formula is C14H17ClN2S. The molecule has 1 heterocycles. The molecule has 1 N–H and O–H groups in total. The van der Waals surface area contributed by atoms with E-state index in [9.17, 15) is 0 Å². The van der Waals surface area contributed by atoms with Gasteiger partial charge in [0.15, 0.2) is 0 Å². The molecular weight excluding hydrogens is 264 g/mol. The van der Waals surface area contributed by atoms with Gasteiger partial charge >= 0.3 is 0 Å². The quantitative estimate of drug-likeness (QED) is 0.893. The van der Waals surface area contributed by atoms with E-state index in [0.717, 1.165) is 28.6 Å². The van der Waals surface area contributed by atoms with Crippen molar-refractivity contribution in [2.75, 3.05) is 6.54 Å². The lowest BCUT2D eigenvalue weighted by Crippen LogP contribution is -2.16. The molecule has 1 unspecified atom stereocenters. The molecule has 0 saturated heterocycles. The predicted molar refractivity (Wildman–Crippen MR) is 78.5 cm³/mol. The van der Waals surface area contributed by atoms with Crippen molar-refractivity contribution in [3.63, 3.8) is 0 Å². The van der Waals surface area contributed by atoms with Crippen LogP contribution in [0.5, 0.6) is 0 Å². The largest absolute Gasteiger partial charge is 0.310 e. The fourth-order valence-electron chi connectivity index (χ4n) is 1.82. The highest BCUT2D eigenvalue weighted by Crippen LogP contribution is 2.25. The van der Waals surface area contributed by atoms with Gasteiger partial charge in [-0.05, 0) is 25.1 Å². The number of rotatable bonds is 5. The van der Waals surface area contributed by atoms with Crippen LogP contribution in [0.15, 0.2) is 30.5 Å². The summed E-state index contributed by atoms with van der Waals surface area (Å²) in [6.45, 7) is 5.25. The number of aromatic nitrogens is 1. The molecule has 1 aromatic carbocycles. The van der Waals surface area contributed by atoms with Crippen LogP contribution in [0.25, 0.3) is 0 Å². The standard InChI is InChI=1S/C14H17ClN2S/c1-3-16-10(2)13-9-17-14(18-13)8-11-6-4-5-7-12(11)15/h4-7,9-10,16H,3,8H2,1-2H3. The number of nitrogens with one attached hydrogen (secondary N) is 1. The van der Waals surface area contributed by atoms with Crippen molar-refractivity contribution in [2.24, 2.45) is 0 Å². The summed E-state index contributed by atoms with van der Waals surface area (Å²) >= 11 is 7.91. The van der Waals surface area contributed by atoms with Gasteiger partial charge in [0, 0.05) is 28.6 Å². The molecule has 0 saturated carbocycles. The predicted octanol–water partition coefficient (Wildman–Crippen LogP) is 4.06. The molecule has 0 spiro atoms. The Morgan fingerprint density at radius 1 is 1.39 bits per heavy atom. The molecule has 0 aliphatic rings. The fraction of sp³-hybridized carbons (Fsp3) is 0.357. The van der Waals surface area contributed by atoms with Crippen LogP contribution in [0.2, 0.25) is 5.02 Å². The number of benzene rings is 1. The summed E-state index contributed by atoms with van der Waals surface area (Å²) in [6, 6.07) is 8.31. The average molecular weight is 281 g/mol. The van der Waals surface area contributed by atoms with E-state index >= 15 is 0 Å². The Labute approximate surface area is 117 Å². The van der Waals surface area contributed by atoms with E-state index in [-0.39, 0.29) is 0 Å². The van der Waals surface area contributed by atoms with Crippen molar-refractivity contribution >= 4 is 22.9 Å². The van der Waals surface area contributed by atoms with E-state index in [1.807, 2.05) is 24.4 Å². The normalized spacial score (nSPS) is 12.6. The van der Waals surface area contributed by atoms with Gasteiger partial charge in [-0.25, -0.2) is 4.98 Å². The van der Waals surface area contributed by atoms with E-state index in [2.05, 4.69) is 30.2 Å². The summed E-state index contributed by atoms with van der Waals surface area (Å²) in [5.74, 6) is 0. The molecule has 0 aliphatic heterocycles. The van der Waals surface area contributed by atoms with Gasteiger partial charge in [0.05, 0.1) is 5.01 Å². The van der Waals surface area contributed by atoms with Crippen LogP contribution in [0.1, 0.15) is 35.3 Å². The van der Waals surface area contributed by atoms with Crippen LogP contribution in [0.4, 0.5) is 0 Å². The summed E-state index contributed by atoms with van der Waals surface area (Å²) in [6.07, 6.45) is 2.77. The average Bonchev–Trinajstić information content (AvgIpc) is 2.81. The Bertz CT molecular complexity index is 510. The second-order valence-corrected chi connectivity index (χ2v) is 5.76. The molecule has 2 aromatic rings. The number of hydrogen-bond donors (Lipinski definition) is 1. The molecule has 0 amide bonds. The molecule has 0 bridgehead atoms. The summed E-state index contributed by atoms with van der Waals surface area (Å²) in [7, 11) is 0. The third kappa shape index (κ3) is 3.31. The third-order valence-corrected chi connectivity index (χ3v) is 4.36. The fourth-order valence-corrected chi connectivity index (χ4v) is 2.99. The van der Waals surface area contributed by atoms with Gasteiger partial charge in [0.25, 0.3) is 0 Å². The molecule has 18 heavy (non-hydrogen) atoms. The Balaban J connectivity index is 2.09. The third-order valence-electron chi connectivity index (χ3n) is 2.81. The Morgan fingerprint density at radius 2 is 2.17 bits per heavy atom. The monoisotopic (exact) mass is 280 g/mol. The minimum Gasteiger partial charge on any atom is -0.310 e. The zero-order valence-electron chi connectivity index (χ0n) is 10.6. The highest BCUT2D eigenvalue weighted by Gasteiger charge is 2.10. The van der Waals surface area contributed by atoms with Crippen LogP contribution in [0.3, 0.4) is 0 Å². The second kappa shape index (κ2) is 6.32. The summed E-state index contributed by atoms with van der Waals surface area (Å²) in [4.78, 5) is 5.75.